The van der Waals surface area contributed by atoms with Crippen LogP contribution in [0.2, 0.25) is 0 Å². The number of benzene rings is 1. The van der Waals surface area contributed by atoms with Gasteiger partial charge in [0.15, 0.2) is 0 Å². The number of carbonyl (C=O) groups is 2. The van der Waals surface area contributed by atoms with E-state index in [2.05, 4.69) is 57.4 Å². The van der Waals surface area contributed by atoms with E-state index in [1.54, 1.807) is 0 Å². The predicted molar refractivity (Wildman–Crippen MR) is 133 cm³/mol. The summed E-state index contributed by atoms with van der Waals surface area (Å²) < 4.78 is 0. The summed E-state index contributed by atoms with van der Waals surface area (Å²) in [5.41, 5.74) is 9.67. The molecule has 7 heteroatoms. The molecule has 0 bridgehead atoms. The van der Waals surface area contributed by atoms with Crippen LogP contribution in [0.15, 0.2) is 42.6 Å². The maximum Gasteiger partial charge on any atom is 0.234 e. The van der Waals surface area contributed by atoms with Crippen molar-refractivity contribution in [1.82, 2.24) is 15.2 Å². The van der Waals surface area contributed by atoms with Crippen LogP contribution in [-0.2, 0) is 9.59 Å². The Labute approximate surface area is 201 Å². The topological polar surface area (TPSA) is 91.6 Å². The van der Waals surface area contributed by atoms with E-state index in [0.29, 0.717) is 30.1 Å². The Bertz CT molecular complexity index is 1020. The van der Waals surface area contributed by atoms with E-state index >= 15 is 0 Å². The minimum Gasteiger partial charge on any atom is -0.384 e. The standard InChI is InChI=1S/C27H35N5O2/c1-19(21-4-8-24(28)29-18-21)31-14-10-27(11-15-31)12-16-32(17-13-27)22-5-2-20(3-6-22)23-7-9-25(33)30-26(23)34/h2-6,8,18-19,23H,7,9-17H2,1H3,(H2,28,29)(H,30,33,34). The van der Waals surface area contributed by atoms with Crippen molar-refractivity contribution in [2.24, 2.45) is 5.41 Å². The number of rotatable bonds is 4. The zero-order valence-electron chi connectivity index (χ0n) is 20.0. The lowest BCUT2D eigenvalue weighted by Crippen LogP contribution is -2.47. The third-order valence-corrected chi connectivity index (χ3v) is 8.42. The fourth-order valence-corrected chi connectivity index (χ4v) is 5.93. The second-order valence-electron chi connectivity index (χ2n) is 10.3. The molecule has 2 atom stereocenters. The maximum absolute atomic E-state index is 12.2. The maximum atomic E-state index is 12.2. The molecule has 5 rings (SSSR count). The van der Waals surface area contributed by atoms with Gasteiger partial charge in [-0.15, -0.1) is 0 Å². The molecule has 2 amide bonds. The number of hydrogen-bond donors (Lipinski definition) is 2. The van der Waals surface area contributed by atoms with Gasteiger partial charge < -0.3 is 10.6 Å². The highest BCUT2D eigenvalue weighted by molar-refractivity contribution is 6.00. The molecule has 2 aromatic rings. The molecule has 1 aromatic heterocycles. The van der Waals surface area contributed by atoms with Gasteiger partial charge in [-0.05, 0) is 86.9 Å². The number of nitrogens with zero attached hydrogens (tertiary/aromatic N) is 3. The van der Waals surface area contributed by atoms with E-state index in [1.807, 2.05) is 12.3 Å². The van der Waals surface area contributed by atoms with Gasteiger partial charge in [0.2, 0.25) is 11.8 Å². The van der Waals surface area contributed by atoms with Crippen molar-refractivity contribution < 1.29 is 9.59 Å². The molecule has 4 heterocycles. The SMILES string of the molecule is CC(c1ccc(N)nc1)N1CCC2(CCN(c3ccc(C4CCC(=O)NC4=O)cc3)CC2)CC1. The van der Waals surface area contributed by atoms with Crippen molar-refractivity contribution in [3.63, 3.8) is 0 Å². The van der Waals surface area contributed by atoms with Gasteiger partial charge in [-0.2, -0.15) is 0 Å². The summed E-state index contributed by atoms with van der Waals surface area (Å²) in [6.45, 7) is 6.69. The molecular weight excluding hydrogens is 426 g/mol. The van der Waals surface area contributed by atoms with Crippen molar-refractivity contribution in [2.45, 2.75) is 57.4 Å². The number of nitrogens with one attached hydrogen (secondary N) is 1. The molecule has 3 aliphatic heterocycles. The fourth-order valence-electron chi connectivity index (χ4n) is 5.93. The van der Waals surface area contributed by atoms with Crippen LogP contribution in [-0.4, -0.2) is 47.9 Å². The fraction of sp³-hybridized carbons (Fsp3) is 0.519. The van der Waals surface area contributed by atoms with E-state index in [-0.39, 0.29) is 17.7 Å². The molecule has 0 radical (unpaired) electrons. The first kappa shape index (κ1) is 22.8. The van der Waals surface area contributed by atoms with Gasteiger partial charge in [0.1, 0.15) is 5.82 Å². The van der Waals surface area contributed by atoms with Crippen LogP contribution in [0.25, 0.3) is 0 Å². The quantitative estimate of drug-likeness (QED) is 0.676. The van der Waals surface area contributed by atoms with Gasteiger partial charge in [-0.1, -0.05) is 18.2 Å². The van der Waals surface area contributed by atoms with E-state index in [9.17, 15) is 9.59 Å². The molecule has 3 aliphatic rings. The number of piperidine rings is 3. The third kappa shape index (κ3) is 4.67. The molecule has 0 saturated carbocycles. The Morgan fingerprint density at radius 3 is 2.29 bits per heavy atom. The van der Waals surface area contributed by atoms with Gasteiger partial charge in [0.25, 0.3) is 0 Å². The Balaban J connectivity index is 1.14. The first-order valence-electron chi connectivity index (χ1n) is 12.6. The van der Waals surface area contributed by atoms with Gasteiger partial charge in [0.05, 0.1) is 5.92 Å². The van der Waals surface area contributed by atoms with Crippen molar-refractivity contribution in [3.05, 3.63) is 53.7 Å². The summed E-state index contributed by atoms with van der Waals surface area (Å²) >= 11 is 0. The van der Waals surface area contributed by atoms with Crippen molar-refractivity contribution in [2.75, 3.05) is 36.8 Å². The van der Waals surface area contributed by atoms with Crippen molar-refractivity contribution >= 4 is 23.3 Å². The first-order chi connectivity index (χ1) is 16.4. The van der Waals surface area contributed by atoms with Gasteiger partial charge >= 0.3 is 0 Å². The summed E-state index contributed by atoms with van der Waals surface area (Å²) in [6, 6.07) is 12.8. The Hall–Kier alpha value is -2.93. The Morgan fingerprint density at radius 1 is 1.00 bits per heavy atom. The highest BCUT2D eigenvalue weighted by atomic mass is 16.2. The van der Waals surface area contributed by atoms with Crippen LogP contribution in [0.3, 0.4) is 0 Å². The Kier molecular flexibility index (Phi) is 6.30. The van der Waals surface area contributed by atoms with Crippen LogP contribution in [0.1, 0.15) is 68.5 Å². The average molecular weight is 462 g/mol. The molecule has 180 valence electrons. The second kappa shape index (κ2) is 9.37. The normalized spacial score (nSPS) is 24.1. The molecule has 7 nitrogen and oxygen atoms in total. The number of carbonyl (C=O) groups excluding carboxylic acids is 2. The monoisotopic (exact) mass is 461 g/mol. The average Bonchev–Trinajstić information content (AvgIpc) is 2.85. The van der Waals surface area contributed by atoms with E-state index in [4.69, 9.17) is 5.73 Å². The zero-order valence-corrected chi connectivity index (χ0v) is 20.0. The highest BCUT2D eigenvalue weighted by Gasteiger charge is 2.38. The number of nitrogen functional groups attached to an aromatic ring is 1. The van der Waals surface area contributed by atoms with Crippen LogP contribution in [0.5, 0.6) is 0 Å². The lowest BCUT2D eigenvalue weighted by molar-refractivity contribution is -0.134. The smallest absolute Gasteiger partial charge is 0.234 e. The summed E-state index contributed by atoms with van der Waals surface area (Å²) in [7, 11) is 0. The van der Waals surface area contributed by atoms with Crippen LogP contribution in [0, 0.1) is 5.41 Å². The van der Waals surface area contributed by atoms with Gasteiger partial charge in [0, 0.05) is 37.4 Å². The van der Waals surface area contributed by atoms with E-state index in [1.165, 1.54) is 36.9 Å². The molecule has 0 aliphatic carbocycles. The van der Waals surface area contributed by atoms with E-state index < -0.39 is 0 Å². The van der Waals surface area contributed by atoms with Crippen molar-refractivity contribution in [1.29, 1.82) is 0 Å². The van der Waals surface area contributed by atoms with Gasteiger partial charge in [-0.3, -0.25) is 19.8 Å². The summed E-state index contributed by atoms with van der Waals surface area (Å²) in [5, 5.41) is 2.46. The number of anilines is 2. The largest absolute Gasteiger partial charge is 0.384 e. The van der Waals surface area contributed by atoms with Gasteiger partial charge in [-0.25, -0.2) is 4.98 Å². The molecule has 3 N–H and O–H groups in total. The summed E-state index contributed by atoms with van der Waals surface area (Å²) in [4.78, 5) is 32.9. The lowest BCUT2D eigenvalue weighted by Gasteiger charge is -2.48. The molecule has 34 heavy (non-hydrogen) atoms. The summed E-state index contributed by atoms with van der Waals surface area (Å²) in [6.07, 6.45) is 7.89. The number of imide groups is 1. The second-order valence-corrected chi connectivity index (χ2v) is 10.3. The summed E-state index contributed by atoms with van der Waals surface area (Å²) in [5.74, 6) is 0.0267. The molecule has 1 spiro atoms. The first-order valence-corrected chi connectivity index (χ1v) is 12.6. The van der Waals surface area contributed by atoms with Crippen LogP contribution < -0.4 is 16.0 Å². The number of amides is 2. The number of nitrogens with two attached hydrogens (primary N) is 1. The van der Waals surface area contributed by atoms with Crippen LogP contribution >= 0.6 is 0 Å². The molecule has 1 aromatic carbocycles. The zero-order chi connectivity index (χ0) is 23.7. The molecule has 3 saturated heterocycles. The third-order valence-electron chi connectivity index (χ3n) is 8.42. The minimum atomic E-state index is -0.215. The Morgan fingerprint density at radius 2 is 1.68 bits per heavy atom. The molecular formula is C27H35N5O2. The number of likely N-dealkylation sites (tertiary alicyclic amines) is 1. The van der Waals surface area contributed by atoms with E-state index in [0.717, 1.165) is 31.7 Å². The lowest BCUT2D eigenvalue weighted by atomic mass is 9.71. The number of aromatic nitrogens is 1. The number of hydrogen-bond acceptors (Lipinski definition) is 6. The minimum absolute atomic E-state index is 0.164. The van der Waals surface area contributed by atoms with Crippen molar-refractivity contribution in [3.8, 4) is 0 Å². The van der Waals surface area contributed by atoms with Crippen LogP contribution in [0.4, 0.5) is 11.5 Å². The number of pyridine rings is 1. The molecule has 3 fully saturated rings. The molecule has 2 unspecified atom stereocenters. The highest BCUT2D eigenvalue weighted by Crippen LogP contribution is 2.43. The predicted octanol–water partition coefficient (Wildman–Crippen LogP) is 3.63.